The van der Waals surface area contributed by atoms with E-state index in [0.717, 1.165) is 17.3 Å². The Morgan fingerprint density at radius 2 is 1.80 bits per heavy atom. The highest BCUT2D eigenvalue weighted by atomic mass is 32.2. The Labute approximate surface area is 152 Å². The Bertz CT molecular complexity index is 583. The summed E-state index contributed by atoms with van der Waals surface area (Å²) in [5.74, 6) is -0.502. The van der Waals surface area contributed by atoms with E-state index in [1.807, 2.05) is 30.3 Å². The molecule has 1 N–H and O–H groups in total. The van der Waals surface area contributed by atoms with Crippen molar-refractivity contribution in [2.45, 2.75) is 45.8 Å². The summed E-state index contributed by atoms with van der Waals surface area (Å²) in [6.45, 7) is 7.04. The second kappa shape index (κ2) is 10.1. The largest absolute Gasteiger partial charge is 0.464 e. The minimum Gasteiger partial charge on any atom is -0.464 e. The average Bonchev–Trinajstić information content (AvgIpc) is 2.50. The summed E-state index contributed by atoms with van der Waals surface area (Å²) in [5.41, 5.74) is 0.215. The normalized spacial score (nSPS) is 12.2. The van der Waals surface area contributed by atoms with Crippen molar-refractivity contribution >= 4 is 28.9 Å². The fourth-order valence-electron chi connectivity index (χ4n) is 1.85. The molecule has 6 nitrogen and oxygen atoms in total. The van der Waals surface area contributed by atoms with Crippen molar-refractivity contribution in [3.05, 3.63) is 35.9 Å². The lowest BCUT2D eigenvalue weighted by Crippen LogP contribution is -2.46. The number of nitrogens with one attached hydrogen (secondary N) is 1. The SMILES string of the molecule is CCOC(=O)[C@H](CSC(=O)Cc1ccccc1)NC(=O)OC(C)(C)C. The van der Waals surface area contributed by atoms with Gasteiger partial charge in [-0.25, -0.2) is 9.59 Å². The molecule has 0 heterocycles. The maximum atomic E-state index is 12.1. The second-order valence-electron chi connectivity index (χ2n) is 6.30. The predicted molar refractivity (Wildman–Crippen MR) is 97.4 cm³/mol. The van der Waals surface area contributed by atoms with E-state index in [2.05, 4.69) is 5.32 Å². The zero-order valence-corrected chi connectivity index (χ0v) is 15.9. The van der Waals surface area contributed by atoms with Crippen LogP contribution in [0.1, 0.15) is 33.3 Å². The van der Waals surface area contributed by atoms with E-state index in [1.165, 1.54) is 0 Å². The van der Waals surface area contributed by atoms with Gasteiger partial charge in [-0.05, 0) is 33.3 Å². The van der Waals surface area contributed by atoms with Gasteiger partial charge < -0.3 is 14.8 Å². The van der Waals surface area contributed by atoms with Crippen LogP contribution < -0.4 is 5.32 Å². The fraction of sp³-hybridized carbons (Fsp3) is 0.500. The molecule has 0 saturated carbocycles. The third kappa shape index (κ3) is 9.14. The zero-order chi connectivity index (χ0) is 18.9. The van der Waals surface area contributed by atoms with E-state index >= 15 is 0 Å². The highest BCUT2D eigenvalue weighted by Gasteiger charge is 2.26. The van der Waals surface area contributed by atoms with Crippen molar-refractivity contribution < 1.29 is 23.9 Å². The first-order valence-corrected chi connectivity index (χ1v) is 9.05. The van der Waals surface area contributed by atoms with Crippen LogP contribution in [-0.4, -0.2) is 41.2 Å². The topological polar surface area (TPSA) is 81.7 Å². The van der Waals surface area contributed by atoms with Gasteiger partial charge >= 0.3 is 12.1 Å². The lowest BCUT2D eigenvalue weighted by atomic mass is 10.2. The summed E-state index contributed by atoms with van der Waals surface area (Å²) >= 11 is 0.983. The number of amides is 1. The van der Waals surface area contributed by atoms with E-state index < -0.39 is 23.7 Å². The number of esters is 1. The number of ether oxygens (including phenoxy) is 2. The Morgan fingerprint density at radius 1 is 1.16 bits per heavy atom. The molecular formula is C18H25NO5S. The van der Waals surface area contributed by atoms with Gasteiger partial charge in [-0.15, -0.1) is 0 Å². The van der Waals surface area contributed by atoms with E-state index in [4.69, 9.17) is 9.47 Å². The summed E-state index contributed by atoms with van der Waals surface area (Å²) in [6, 6.07) is 8.38. The van der Waals surface area contributed by atoms with Crippen molar-refractivity contribution in [2.75, 3.05) is 12.4 Å². The van der Waals surface area contributed by atoms with E-state index in [0.29, 0.717) is 0 Å². The Hall–Kier alpha value is -2.02. The number of carbonyl (C=O) groups is 3. The molecule has 0 aliphatic carbocycles. The Morgan fingerprint density at radius 3 is 2.36 bits per heavy atom. The minimum atomic E-state index is -0.945. The molecule has 0 unspecified atom stereocenters. The zero-order valence-electron chi connectivity index (χ0n) is 15.0. The predicted octanol–water partition coefficient (Wildman–Crippen LogP) is 2.95. The summed E-state index contributed by atoms with van der Waals surface area (Å²) < 4.78 is 10.1. The quantitative estimate of drug-likeness (QED) is 0.746. The van der Waals surface area contributed by atoms with Gasteiger partial charge in [0, 0.05) is 12.2 Å². The molecule has 1 aromatic carbocycles. The molecule has 0 bridgehead atoms. The number of thioether (sulfide) groups is 1. The van der Waals surface area contributed by atoms with Gasteiger partial charge in [0.2, 0.25) is 0 Å². The molecule has 1 atom stereocenters. The summed E-state index contributed by atoms with van der Waals surface area (Å²) in [6.07, 6.45) is -0.463. The molecule has 0 spiro atoms. The van der Waals surface area contributed by atoms with Crippen molar-refractivity contribution in [1.29, 1.82) is 0 Å². The molecule has 138 valence electrons. The lowest BCUT2D eigenvalue weighted by Gasteiger charge is -2.22. The molecule has 25 heavy (non-hydrogen) atoms. The number of hydrogen-bond acceptors (Lipinski definition) is 6. The molecule has 0 aliphatic rings. The van der Waals surface area contributed by atoms with E-state index in [-0.39, 0.29) is 23.9 Å². The number of rotatable bonds is 7. The van der Waals surface area contributed by atoms with Gasteiger partial charge in [-0.1, -0.05) is 42.1 Å². The number of benzene rings is 1. The Kier molecular flexibility index (Phi) is 8.48. The molecule has 0 saturated heterocycles. The molecular weight excluding hydrogens is 342 g/mol. The van der Waals surface area contributed by atoms with Crippen LogP contribution in [0.4, 0.5) is 4.79 Å². The highest BCUT2D eigenvalue weighted by Crippen LogP contribution is 2.12. The maximum Gasteiger partial charge on any atom is 0.408 e. The highest BCUT2D eigenvalue weighted by molar-refractivity contribution is 8.13. The molecule has 7 heteroatoms. The second-order valence-corrected chi connectivity index (χ2v) is 7.37. The van der Waals surface area contributed by atoms with Gasteiger partial charge in [0.05, 0.1) is 6.61 Å². The maximum absolute atomic E-state index is 12.1. The molecule has 1 rings (SSSR count). The monoisotopic (exact) mass is 367 g/mol. The molecule has 1 aromatic rings. The van der Waals surface area contributed by atoms with E-state index in [1.54, 1.807) is 27.7 Å². The van der Waals surface area contributed by atoms with Crippen molar-refractivity contribution in [1.82, 2.24) is 5.32 Å². The van der Waals surface area contributed by atoms with Crippen LogP contribution in [0.2, 0.25) is 0 Å². The van der Waals surface area contributed by atoms with Crippen LogP contribution in [0.25, 0.3) is 0 Å². The summed E-state index contributed by atoms with van der Waals surface area (Å²) in [7, 11) is 0. The van der Waals surface area contributed by atoms with Crippen molar-refractivity contribution in [2.24, 2.45) is 0 Å². The van der Waals surface area contributed by atoms with Crippen molar-refractivity contribution in [3.8, 4) is 0 Å². The summed E-state index contributed by atoms with van der Waals surface area (Å²) in [4.78, 5) is 36.0. The molecule has 0 radical (unpaired) electrons. The standard InChI is InChI=1S/C18H25NO5S/c1-5-23-16(21)14(19-17(22)24-18(2,3)4)12-25-15(20)11-13-9-7-6-8-10-13/h6-10,14H,5,11-12H2,1-4H3,(H,19,22)/t14-/m0/s1. The van der Waals surface area contributed by atoms with Crippen LogP contribution >= 0.6 is 11.8 Å². The summed E-state index contributed by atoms with van der Waals surface area (Å²) in [5, 5.41) is 2.38. The van der Waals surface area contributed by atoms with Crippen LogP contribution in [0.15, 0.2) is 30.3 Å². The van der Waals surface area contributed by atoms with Crippen LogP contribution in [-0.2, 0) is 25.5 Å². The molecule has 0 aromatic heterocycles. The van der Waals surface area contributed by atoms with Crippen molar-refractivity contribution in [3.63, 3.8) is 0 Å². The van der Waals surface area contributed by atoms with Gasteiger partial charge in [-0.3, -0.25) is 4.79 Å². The number of alkyl carbamates (subject to hydrolysis) is 1. The first-order valence-electron chi connectivity index (χ1n) is 8.07. The van der Waals surface area contributed by atoms with Crippen LogP contribution in [0.3, 0.4) is 0 Å². The first-order chi connectivity index (χ1) is 11.7. The number of hydrogen-bond donors (Lipinski definition) is 1. The van der Waals surface area contributed by atoms with Gasteiger partial charge in [0.15, 0.2) is 5.12 Å². The van der Waals surface area contributed by atoms with Gasteiger partial charge in [0.25, 0.3) is 0 Å². The lowest BCUT2D eigenvalue weighted by molar-refractivity contribution is -0.144. The molecule has 0 aliphatic heterocycles. The third-order valence-corrected chi connectivity index (χ3v) is 3.83. The van der Waals surface area contributed by atoms with E-state index in [9.17, 15) is 14.4 Å². The third-order valence-electron chi connectivity index (χ3n) is 2.86. The van der Waals surface area contributed by atoms with Gasteiger partial charge in [-0.2, -0.15) is 0 Å². The smallest absolute Gasteiger partial charge is 0.408 e. The molecule has 0 fully saturated rings. The van der Waals surface area contributed by atoms with Crippen LogP contribution in [0.5, 0.6) is 0 Å². The van der Waals surface area contributed by atoms with Gasteiger partial charge in [0.1, 0.15) is 11.6 Å². The first kappa shape index (κ1) is 21.0. The minimum absolute atomic E-state index is 0.0870. The Balaban J connectivity index is 2.59. The fourth-order valence-corrected chi connectivity index (χ4v) is 2.69. The number of carbonyl (C=O) groups excluding carboxylic acids is 3. The average molecular weight is 367 g/mol. The van der Waals surface area contributed by atoms with Crippen LogP contribution in [0, 0.1) is 0 Å². The molecule has 1 amide bonds.